The van der Waals surface area contributed by atoms with E-state index >= 15 is 0 Å². The van der Waals surface area contributed by atoms with Gasteiger partial charge in [0.1, 0.15) is 34.8 Å². The molecule has 110 heavy (non-hydrogen) atoms. The molecule has 0 radical (unpaired) electrons. The SMILES string of the molecule is CC(N)c1ccc(F)cc1.CC(c1ccc(F)cc1)N1C(=O)CNC1=S.CCNC(=S)NC(C)c1ccc(F)cc1.Cc1cn(-c2ccc(/C=C3/C(=O)N4C(=NC3(C)C)N(C)CCC4c3ccc(F)cc3)cc2C)cn1.Cc1cn(-c2ccc(/C=C3\NC(=S)N(C(C)c4ccc(F)cc4)C3=O)cc2C)cn1.N.O=C=O. The molecule has 5 atom stereocenters. The second-order valence-electron chi connectivity index (χ2n) is 26.7. The summed E-state index contributed by atoms with van der Waals surface area (Å²) < 4.78 is 68.5. The number of aliphatic imine (C=N–C) groups is 1. The average Bonchev–Trinajstić information content (AvgIpc) is 1.02. The van der Waals surface area contributed by atoms with E-state index < -0.39 is 5.54 Å². The van der Waals surface area contributed by atoms with Crippen LogP contribution in [0.15, 0.2) is 199 Å². The van der Waals surface area contributed by atoms with E-state index in [9.17, 15) is 36.3 Å². The van der Waals surface area contributed by atoms with Crippen molar-refractivity contribution in [2.24, 2.45) is 10.7 Å². The second kappa shape index (κ2) is 39.2. The summed E-state index contributed by atoms with van der Waals surface area (Å²) in [6, 6.07) is 42.7. The highest BCUT2D eigenvalue weighted by molar-refractivity contribution is 7.80. The fourth-order valence-electron chi connectivity index (χ4n) is 12.3. The van der Waals surface area contributed by atoms with E-state index in [0.29, 0.717) is 32.6 Å². The van der Waals surface area contributed by atoms with Gasteiger partial charge in [-0.3, -0.25) is 29.1 Å². The number of aryl methyl sites for hydroxylation is 4. The summed E-state index contributed by atoms with van der Waals surface area (Å²) in [6.45, 7) is 23.3. The van der Waals surface area contributed by atoms with Crippen molar-refractivity contribution in [1.29, 1.82) is 0 Å². The summed E-state index contributed by atoms with van der Waals surface area (Å²) in [5.41, 5.74) is 18.4. The van der Waals surface area contributed by atoms with E-state index in [1.807, 2.05) is 145 Å². The second-order valence-corrected chi connectivity index (χ2v) is 27.8. The van der Waals surface area contributed by atoms with E-state index in [4.69, 9.17) is 57.0 Å². The van der Waals surface area contributed by atoms with Crippen LogP contribution in [0.1, 0.15) is 147 Å². The van der Waals surface area contributed by atoms with Crippen LogP contribution in [0, 0.1) is 56.8 Å². The van der Waals surface area contributed by atoms with Gasteiger partial charge in [-0.1, -0.05) is 72.8 Å². The van der Waals surface area contributed by atoms with Gasteiger partial charge < -0.3 is 47.2 Å². The van der Waals surface area contributed by atoms with Crippen molar-refractivity contribution in [3.05, 3.63) is 285 Å². The fraction of sp³-hybridized carbons (Fsp3) is 0.268. The van der Waals surface area contributed by atoms with Gasteiger partial charge in [-0.05, 0) is 266 Å². The lowest BCUT2D eigenvalue weighted by Crippen LogP contribution is -2.58. The molecule has 13 rings (SSSR count). The van der Waals surface area contributed by atoms with Crippen LogP contribution in [0.5, 0.6) is 0 Å². The van der Waals surface area contributed by atoms with Crippen LogP contribution in [0.3, 0.4) is 0 Å². The number of nitrogens with two attached hydrogens (primary N) is 1. The van der Waals surface area contributed by atoms with E-state index in [-0.39, 0.29) is 95.9 Å². The number of guanidine groups is 1. The van der Waals surface area contributed by atoms with Crippen LogP contribution in [-0.4, -0.2) is 116 Å². The van der Waals surface area contributed by atoms with Crippen molar-refractivity contribution in [3.63, 3.8) is 0 Å². The summed E-state index contributed by atoms with van der Waals surface area (Å²) in [7, 11) is 1.96. The first-order chi connectivity index (χ1) is 51.8. The molecule has 2 aromatic heterocycles. The number of benzene rings is 7. The molecule has 0 aliphatic carbocycles. The molecular formula is C82H90F5N15O5S3. The van der Waals surface area contributed by atoms with Gasteiger partial charge in [-0.2, -0.15) is 9.59 Å². The summed E-state index contributed by atoms with van der Waals surface area (Å²) in [5.74, 6) is -0.983. The largest absolute Gasteiger partial charge is 0.373 e. The Hall–Kier alpha value is -11.3. The predicted molar refractivity (Wildman–Crippen MR) is 430 cm³/mol. The number of rotatable bonds is 13. The molecule has 28 heteroatoms. The molecule has 0 spiro atoms. The maximum absolute atomic E-state index is 14.0. The van der Waals surface area contributed by atoms with E-state index in [1.54, 1.807) is 78.0 Å². The molecule has 4 aliphatic heterocycles. The number of hydrogen-bond donors (Lipinski definition) is 6. The van der Waals surface area contributed by atoms with E-state index in [1.165, 1.54) is 70.5 Å². The van der Waals surface area contributed by atoms with Crippen LogP contribution < -0.4 is 33.2 Å². The molecule has 5 unspecified atom stereocenters. The molecule has 20 nitrogen and oxygen atoms in total. The Morgan fingerprint density at radius 1 is 0.636 bits per heavy atom. The van der Waals surface area contributed by atoms with Gasteiger partial charge in [0.2, 0.25) is 11.9 Å². The zero-order valence-corrected chi connectivity index (χ0v) is 65.6. The number of amides is 3. The fourth-order valence-corrected chi connectivity index (χ4v) is 13.3. The number of nitrogens with one attached hydrogen (secondary N) is 4. The first kappa shape index (κ1) is 86.0. The molecule has 4 aliphatic rings. The molecule has 7 aromatic carbocycles. The first-order valence-electron chi connectivity index (χ1n) is 34.9. The molecule has 0 bridgehead atoms. The van der Waals surface area contributed by atoms with Crippen molar-refractivity contribution in [1.82, 2.24) is 66.1 Å². The Morgan fingerprint density at radius 3 is 1.49 bits per heavy atom. The number of carbonyl (C=O) groups is 3. The van der Waals surface area contributed by atoms with Gasteiger partial charge in [0.15, 0.2) is 15.3 Å². The van der Waals surface area contributed by atoms with Gasteiger partial charge in [0.25, 0.3) is 11.8 Å². The minimum atomic E-state index is -0.685. The smallest absolute Gasteiger partial charge is 0.363 e. The average molecular weight is 1560 g/mol. The summed E-state index contributed by atoms with van der Waals surface area (Å²) >= 11 is 15.5. The van der Waals surface area contributed by atoms with E-state index in [2.05, 4.69) is 44.2 Å². The van der Waals surface area contributed by atoms with Crippen molar-refractivity contribution in [2.75, 3.05) is 26.7 Å². The Kier molecular flexibility index (Phi) is 30.6. The topological polar surface area (TPSA) is 255 Å². The minimum absolute atomic E-state index is 0. The van der Waals surface area contributed by atoms with Crippen molar-refractivity contribution >= 4 is 94.0 Å². The third-order valence-corrected chi connectivity index (χ3v) is 19.0. The standard InChI is InChI=1S/C28H30FN5O.C23H21FN4OS.C11H11FN2OS.C11H15FN2S.C8H10FN.CO2.H3N/c1-18-14-20(6-11-24(18)33-16-19(2)30-17-33)15-23-26(35)34-25(21-7-9-22(29)10-8-21)12-13-32(5)27(34)31-28(23,3)4;1-14-10-17(4-9-21(14)27-12-15(2)25-13-27)11-20-22(29)28(23(30)26-20)16(3)18-5-7-19(24)8-6-18;1-7(8-2-4-9(12)5-3-8)14-10(15)6-13-11(14)16;1-3-13-11(15)14-8(2)9-4-6-10(12)7-5-9;1-6(10)7-2-4-8(9)5-3-7;2-1-3;/h6-11,14-17,25H,12-13H2,1-5H3;4-13,16H,1-3H3,(H,26,30);2-5,7H,6H2,1H3,(H,13,16);4-8H,3H2,1-2H3,(H2,13,14,15);2-6H,10H2,1H3;;1H3/b23-15-;20-11-;;;;;. The van der Waals surface area contributed by atoms with Gasteiger partial charge in [0, 0.05) is 55.5 Å². The maximum atomic E-state index is 14.0. The molecule has 9 aromatic rings. The number of imidazole rings is 2. The summed E-state index contributed by atoms with van der Waals surface area (Å²) in [4.78, 5) is 75.3. The Bertz CT molecular complexity index is 4840. The van der Waals surface area contributed by atoms with Gasteiger partial charge >= 0.3 is 6.15 Å². The van der Waals surface area contributed by atoms with Gasteiger partial charge in [-0.25, -0.2) is 36.9 Å². The van der Waals surface area contributed by atoms with Crippen LogP contribution >= 0.6 is 36.7 Å². The Balaban J connectivity index is 0.000000202. The van der Waals surface area contributed by atoms with Crippen LogP contribution in [-0.2, 0) is 24.0 Å². The molecule has 3 fully saturated rings. The first-order valence-corrected chi connectivity index (χ1v) is 36.2. The minimum Gasteiger partial charge on any atom is -0.363 e. The number of thiocarbonyl (C=S) groups is 3. The van der Waals surface area contributed by atoms with Crippen molar-refractivity contribution in [2.45, 2.75) is 118 Å². The normalized spacial score (nSPS) is 16.5. The third kappa shape index (κ3) is 22.5. The lowest BCUT2D eigenvalue weighted by atomic mass is 9.87. The van der Waals surface area contributed by atoms with Crippen molar-refractivity contribution < 1.29 is 45.9 Å². The molecule has 9 N–H and O–H groups in total. The third-order valence-electron chi connectivity index (χ3n) is 18.1. The summed E-state index contributed by atoms with van der Waals surface area (Å²) in [6.07, 6.45) is 12.3. The number of halogens is 5. The zero-order valence-electron chi connectivity index (χ0n) is 63.2. The highest BCUT2D eigenvalue weighted by Gasteiger charge is 2.45. The monoisotopic (exact) mass is 1560 g/mol. The van der Waals surface area contributed by atoms with Crippen LogP contribution in [0.2, 0.25) is 0 Å². The zero-order chi connectivity index (χ0) is 79.6. The lowest BCUT2D eigenvalue weighted by Gasteiger charge is -2.47. The highest BCUT2D eigenvalue weighted by Crippen LogP contribution is 2.39. The van der Waals surface area contributed by atoms with Gasteiger partial charge in [0.05, 0.1) is 60.3 Å². The molecular weight excluding hydrogens is 1470 g/mol. The molecule has 3 saturated heterocycles. The summed E-state index contributed by atoms with van der Waals surface area (Å²) in [5, 5.41) is 13.3. The molecule has 0 saturated carbocycles. The molecule has 3 amide bonds. The number of aromatic nitrogens is 4. The molecule has 6 heterocycles. The number of fused-ring (bicyclic) bond motifs is 1. The Morgan fingerprint density at radius 2 is 1.07 bits per heavy atom. The van der Waals surface area contributed by atoms with Gasteiger partial charge in [-0.15, -0.1) is 0 Å². The lowest BCUT2D eigenvalue weighted by molar-refractivity contribution is -0.191. The van der Waals surface area contributed by atoms with E-state index in [0.717, 1.165) is 92.3 Å². The number of hydrogen-bond acceptors (Lipinski definition) is 14. The maximum Gasteiger partial charge on any atom is 0.373 e. The number of nitrogens with zero attached hydrogens (tertiary/aromatic N) is 9. The number of carbonyl (C=O) groups excluding carboxylic acids is 5. The van der Waals surface area contributed by atoms with Crippen molar-refractivity contribution in [3.8, 4) is 11.4 Å². The highest BCUT2D eigenvalue weighted by atomic mass is 32.1. The quantitative estimate of drug-likeness (QED) is 0.0356. The predicted octanol–water partition coefficient (Wildman–Crippen LogP) is 14.9. The van der Waals surface area contributed by atoms with Crippen LogP contribution in [0.25, 0.3) is 23.5 Å². The molecule has 576 valence electrons. The van der Waals surface area contributed by atoms with Crippen LogP contribution in [0.4, 0.5) is 22.0 Å². The Labute approximate surface area is 654 Å².